The number of nitrogens with zero attached hydrogens (tertiary/aromatic N) is 1. The lowest BCUT2D eigenvalue weighted by atomic mass is 10.0. The van der Waals surface area contributed by atoms with Crippen LogP contribution in [0.5, 0.6) is 0 Å². The summed E-state index contributed by atoms with van der Waals surface area (Å²) in [5, 5.41) is 3.45. The molecule has 0 saturated carbocycles. The van der Waals surface area contributed by atoms with E-state index in [1.54, 1.807) is 0 Å². The molecule has 1 aromatic heterocycles. The Morgan fingerprint density at radius 1 is 1.20 bits per heavy atom. The monoisotopic (exact) mass is 272 g/mol. The summed E-state index contributed by atoms with van der Waals surface area (Å²) in [7, 11) is 0. The van der Waals surface area contributed by atoms with Crippen LogP contribution in [0.25, 0.3) is 0 Å². The highest BCUT2D eigenvalue weighted by Gasteiger charge is 2.09. The summed E-state index contributed by atoms with van der Waals surface area (Å²) >= 11 is 0. The van der Waals surface area contributed by atoms with Crippen molar-refractivity contribution in [2.24, 2.45) is 0 Å². The van der Waals surface area contributed by atoms with Crippen LogP contribution in [0.4, 0.5) is 0 Å². The van der Waals surface area contributed by atoms with Gasteiger partial charge in [-0.05, 0) is 38.3 Å². The Morgan fingerprint density at radius 2 is 1.90 bits per heavy atom. The van der Waals surface area contributed by atoms with Gasteiger partial charge in [0.2, 0.25) is 5.89 Å². The third-order valence-corrected chi connectivity index (χ3v) is 3.65. The minimum atomic E-state index is 0.290. The predicted octanol–water partition coefficient (Wildman–Crippen LogP) is 4.09. The van der Waals surface area contributed by atoms with E-state index in [1.807, 2.05) is 13.8 Å². The molecule has 0 radical (unpaired) electrons. The summed E-state index contributed by atoms with van der Waals surface area (Å²) in [5.74, 6) is 1.66. The van der Waals surface area contributed by atoms with Crippen LogP contribution in [-0.4, -0.2) is 4.98 Å². The lowest BCUT2D eigenvalue weighted by Crippen LogP contribution is -2.18. The highest BCUT2D eigenvalue weighted by atomic mass is 16.4. The van der Waals surface area contributed by atoms with Crippen molar-refractivity contribution in [1.29, 1.82) is 0 Å². The molecule has 0 fully saturated rings. The summed E-state index contributed by atoms with van der Waals surface area (Å²) in [6, 6.07) is 9.13. The quantitative estimate of drug-likeness (QED) is 0.860. The average Bonchev–Trinajstić information content (AvgIpc) is 2.76. The van der Waals surface area contributed by atoms with Crippen molar-refractivity contribution in [3.8, 4) is 0 Å². The maximum Gasteiger partial charge on any atom is 0.208 e. The van der Waals surface area contributed by atoms with Gasteiger partial charge < -0.3 is 9.73 Å². The van der Waals surface area contributed by atoms with Crippen molar-refractivity contribution < 1.29 is 4.42 Å². The second kappa shape index (κ2) is 6.71. The minimum absolute atomic E-state index is 0.290. The third kappa shape index (κ3) is 3.70. The molecule has 1 heterocycles. The van der Waals surface area contributed by atoms with Gasteiger partial charge in [-0.1, -0.05) is 37.6 Å². The molecule has 3 heteroatoms. The highest BCUT2D eigenvalue weighted by molar-refractivity contribution is 5.24. The number of hydrogen-bond donors (Lipinski definition) is 1. The average molecular weight is 272 g/mol. The molecular weight excluding hydrogens is 248 g/mol. The van der Waals surface area contributed by atoms with Gasteiger partial charge in [0.25, 0.3) is 0 Å². The van der Waals surface area contributed by atoms with Crippen LogP contribution in [0.15, 0.2) is 28.7 Å². The summed E-state index contributed by atoms with van der Waals surface area (Å²) < 4.78 is 5.58. The first-order valence-electron chi connectivity index (χ1n) is 7.35. The SMILES string of the molecule is CCCc1ccc(C(C)NCc2nc(C)c(C)o2)cc1. The first-order valence-corrected chi connectivity index (χ1v) is 7.35. The molecule has 1 unspecified atom stereocenters. The Morgan fingerprint density at radius 3 is 2.45 bits per heavy atom. The number of oxazole rings is 1. The van der Waals surface area contributed by atoms with Gasteiger partial charge >= 0.3 is 0 Å². The first kappa shape index (κ1) is 14.8. The molecule has 20 heavy (non-hydrogen) atoms. The topological polar surface area (TPSA) is 38.1 Å². The van der Waals surface area contributed by atoms with E-state index in [0.29, 0.717) is 6.54 Å². The lowest BCUT2D eigenvalue weighted by Gasteiger charge is -2.13. The van der Waals surface area contributed by atoms with Crippen LogP contribution in [0.2, 0.25) is 0 Å². The van der Waals surface area contributed by atoms with Gasteiger partial charge in [0.1, 0.15) is 5.76 Å². The van der Waals surface area contributed by atoms with E-state index >= 15 is 0 Å². The number of aryl methyl sites for hydroxylation is 3. The van der Waals surface area contributed by atoms with Crippen LogP contribution < -0.4 is 5.32 Å². The summed E-state index contributed by atoms with van der Waals surface area (Å²) in [5.41, 5.74) is 3.67. The van der Waals surface area contributed by atoms with Crippen LogP contribution in [0.1, 0.15) is 54.8 Å². The van der Waals surface area contributed by atoms with Crippen molar-refractivity contribution in [3.63, 3.8) is 0 Å². The summed E-state index contributed by atoms with van der Waals surface area (Å²) in [4.78, 5) is 4.39. The molecule has 0 spiro atoms. The smallest absolute Gasteiger partial charge is 0.208 e. The molecule has 0 aliphatic rings. The van der Waals surface area contributed by atoms with Crippen molar-refractivity contribution in [1.82, 2.24) is 10.3 Å². The Bertz CT molecular complexity index is 523. The van der Waals surface area contributed by atoms with E-state index in [4.69, 9.17) is 4.42 Å². The van der Waals surface area contributed by atoms with Gasteiger partial charge in [-0.25, -0.2) is 4.98 Å². The Hall–Kier alpha value is -1.61. The molecule has 108 valence electrons. The van der Waals surface area contributed by atoms with Crippen molar-refractivity contribution in [2.75, 3.05) is 0 Å². The van der Waals surface area contributed by atoms with Crippen LogP contribution in [-0.2, 0) is 13.0 Å². The van der Waals surface area contributed by atoms with Gasteiger partial charge in [-0.3, -0.25) is 0 Å². The molecule has 0 aliphatic carbocycles. The van der Waals surface area contributed by atoms with Crippen molar-refractivity contribution >= 4 is 0 Å². The normalized spacial score (nSPS) is 12.6. The standard InChI is InChI=1S/C17H24N2O/c1-5-6-15-7-9-16(10-8-15)13(3)18-11-17-19-12(2)14(4)20-17/h7-10,13,18H,5-6,11H2,1-4H3. The van der Waals surface area contributed by atoms with Crippen molar-refractivity contribution in [3.05, 3.63) is 52.7 Å². The Labute approximate surface area is 121 Å². The molecule has 0 amide bonds. The molecule has 0 bridgehead atoms. The van der Waals surface area contributed by atoms with E-state index in [2.05, 4.69) is 48.4 Å². The minimum Gasteiger partial charge on any atom is -0.444 e. The van der Waals surface area contributed by atoms with E-state index in [9.17, 15) is 0 Å². The van der Waals surface area contributed by atoms with Crippen LogP contribution >= 0.6 is 0 Å². The lowest BCUT2D eigenvalue weighted by molar-refractivity contribution is 0.432. The molecule has 2 rings (SSSR count). The molecular formula is C17H24N2O. The second-order valence-corrected chi connectivity index (χ2v) is 5.34. The predicted molar refractivity (Wildman–Crippen MR) is 81.7 cm³/mol. The fraction of sp³-hybridized carbons (Fsp3) is 0.471. The van der Waals surface area contributed by atoms with Gasteiger partial charge in [0.15, 0.2) is 0 Å². The fourth-order valence-electron chi connectivity index (χ4n) is 2.23. The third-order valence-electron chi connectivity index (χ3n) is 3.65. The molecule has 0 aliphatic heterocycles. The zero-order valence-electron chi connectivity index (χ0n) is 12.9. The summed E-state index contributed by atoms with van der Waals surface area (Å²) in [6.45, 7) is 8.95. The zero-order chi connectivity index (χ0) is 14.5. The van der Waals surface area contributed by atoms with E-state index < -0.39 is 0 Å². The fourth-order valence-corrected chi connectivity index (χ4v) is 2.23. The molecule has 2 aromatic rings. The summed E-state index contributed by atoms with van der Waals surface area (Å²) in [6.07, 6.45) is 2.34. The van der Waals surface area contributed by atoms with Gasteiger partial charge in [0, 0.05) is 6.04 Å². The van der Waals surface area contributed by atoms with Gasteiger partial charge in [0.05, 0.1) is 12.2 Å². The molecule has 1 aromatic carbocycles. The largest absolute Gasteiger partial charge is 0.444 e. The van der Waals surface area contributed by atoms with Gasteiger partial charge in [-0.2, -0.15) is 0 Å². The molecule has 1 atom stereocenters. The number of rotatable bonds is 6. The molecule has 1 N–H and O–H groups in total. The van der Waals surface area contributed by atoms with E-state index in [1.165, 1.54) is 17.5 Å². The second-order valence-electron chi connectivity index (χ2n) is 5.34. The highest BCUT2D eigenvalue weighted by Crippen LogP contribution is 2.15. The van der Waals surface area contributed by atoms with Crippen LogP contribution in [0, 0.1) is 13.8 Å². The maximum atomic E-state index is 5.58. The Balaban J connectivity index is 1.92. The van der Waals surface area contributed by atoms with Gasteiger partial charge in [-0.15, -0.1) is 0 Å². The first-order chi connectivity index (χ1) is 9.60. The Kier molecular flexibility index (Phi) is 4.96. The van der Waals surface area contributed by atoms with E-state index in [-0.39, 0.29) is 6.04 Å². The number of nitrogens with one attached hydrogen (secondary N) is 1. The maximum absolute atomic E-state index is 5.58. The van der Waals surface area contributed by atoms with Crippen molar-refractivity contribution in [2.45, 2.75) is 53.1 Å². The number of benzene rings is 1. The van der Waals surface area contributed by atoms with E-state index in [0.717, 1.165) is 23.8 Å². The molecule has 0 saturated heterocycles. The zero-order valence-corrected chi connectivity index (χ0v) is 12.9. The number of aromatic nitrogens is 1. The van der Waals surface area contributed by atoms with Crippen LogP contribution in [0.3, 0.4) is 0 Å². The number of hydrogen-bond acceptors (Lipinski definition) is 3. The molecule has 3 nitrogen and oxygen atoms in total.